The van der Waals surface area contributed by atoms with Gasteiger partial charge < -0.3 is 15.4 Å². The van der Waals surface area contributed by atoms with Crippen LogP contribution in [0, 0.1) is 5.41 Å². The fourth-order valence-electron chi connectivity index (χ4n) is 2.80. The van der Waals surface area contributed by atoms with Crippen molar-refractivity contribution in [3.05, 3.63) is 34.3 Å². The number of amides is 1. The summed E-state index contributed by atoms with van der Waals surface area (Å²) in [5, 5.41) is 6.44. The molecule has 1 aromatic rings. The third-order valence-corrected chi connectivity index (χ3v) is 4.86. The molecule has 1 aliphatic heterocycles. The largest absolute Gasteiger partial charge is 0.384 e. The van der Waals surface area contributed by atoms with E-state index in [0.717, 1.165) is 36.0 Å². The Bertz CT molecular complexity index is 468. The number of halogens is 1. The second kappa shape index (κ2) is 7.92. The average Bonchev–Trinajstić information content (AvgIpc) is 2.49. The highest BCUT2D eigenvalue weighted by atomic mass is 79.9. The van der Waals surface area contributed by atoms with Crippen LogP contribution < -0.4 is 10.6 Å². The molecule has 0 aromatic heterocycles. The van der Waals surface area contributed by atoms with Gasteiger partial charge in [0.15, 0.2) is 0 Å². The zero-order valence-electron chi connectivity index (χ0n) is 12.5. The molecule has 1 aliphatic rings. The molecule has 1 saturated heterocycles. The van der Waals surface area contributed by atoms with E-state index in [1.165, 1.54) is 0 Å². The lowest BCUT2D eigenvalue weighted by Crippen LogP contribution is -2.47. The van der Waals surface area contributed by atoms with Gasteiger partial charge in [-0.05, 0) is 37.6 Å². The molecule has 1 aromatic carbocycles. The highest BCUT2D eigenvalue weighted by molar-refractivity contribution is 9.10. The summed E-state index contributed by atoms with van der Waals surface area (Å²) in [6.07, 6.45) is 2.48. The third kappa shape index (κ3) is 4.80. The first kappa shape index (κ1) is 16.5. The SMILES string of the molecule is COCC1(CNC(=O)Cc2ccccc2Br)CCNCC1. The Morgan fingerprint density at radius 1 is 1.38 bits per heavy atom. The molecule has 2 N–H and O–H groups in total. The van der Waals surface area contributed by atoms with Crippen molar-refractivity contribution in [1.29, 1.82) is 0 Å². The highest BCUT2D eigenvalue weighted by Gasteiger charge is 2.32. The monoisotopic (exact) mass is 354 g/mol. The van der Waals surface area contributed by atoms with Crippen LogP contribution in [0.1, 0.15) is 18.4 Å². The van der Waals surface area contributed by atoms with Crippen LogP contribution in [0.4, 0.5) is 0 Å². The van der Waals surface area contributed by atoms with Crippen LogP contribution in [-0.4, -0.2) is 39.3 Å². The number of methoxy groups -OCH3 is 1. The summed E-state index contributed by atoms with van der Waals surface area (Å²) in [7, 11) is 1.73. The molecular formula is C16H23BrN2O2. The number of carbonyl (C=O) groups is 1. The van der Waals surface area contributed by atoms with Crippen molar-refractivity contribution < 1.29 is 9.53 Å². The molecule has 0 saturated carbocycles. The number of carbonyl (C=O) groups excluding carboxylic acids is 1. The van der Waals surface area contributed by atoms with E-state index >= 15 is 0 Å². The van der Waals surface area contributed by atoms with Crippen molar-refractivity contribution in [3.8, 4) is 0 Å². The lowest BCUT2D eigenvalue weighted by atomic mass is 9.79. The summed E-state index contributed by atoms with van der Waals surface area (Å²) < 4.78 is 6.35. The van der Waals surface area contributed by atoms with Gasteiger partial charge in [0.2, 0.25) is 5.91 Å². The molecule has 21 heavy (non-hydrogen) atoms. The molecule has 0 atom stereocenters. The summed E-state index contributed by atoms with van der Waals surface area (Å²) >= 11 is 3.48. The normalized spacial score (nSPS) is 17.4. The van der Waals surface area contributed by atoms with E-state index in [-0.39, 0.29) is 11.3 Å². The van der Waals surface area contributed by atoms with Gasteiger partial charge in [0.25, 0.3) is 0 Å². The van der Waals surface area contributed by atoms with Gasteiger partial charge in [0.05, 0.1) is 13.0 Å². The molecule has 4 nitrogen and oxygen atoms in total. The fourth-order valence-corrected chi connectivity index (χ4v) is 3.22. The molecule has 1 heterocycles. The van der Waals surface area contributed by atoms with Crippen molar-refractivity contribution in [2.45, 2.75) is 19.3 Å². The van der Waals surface area contributed by atoms with Gasteiger partial charge in [-0.15, -0.1) is 0 Å². The van der Waals surface area contributed by atoms with Crippen LogP contribution in [0.5, 0.6) is 0 Å². The summed E-state index contributed by atoms with van der Waals surface area (Å²) in [5.41, 5.74) is 1.09. The minimum Gasteiger partial charge on any atom is -0.384 e. The Morgan fingerprint density at radius 3 is 2.76 bits per heavy atom. The minimum absolute atomic E-state index is 0.0657. The topological polar surface area (TPSA) is 50.4 Å². The average molecular weight is 355 g/mol. The van der Waals surface area contributed by atoms with Gasteiger partial charge >= 0.3 is 0 Å². The highest BCUT2D eigenvalue weighted by Crippen LogP contribution is 2.28. The molecular weight excluding hydrogens is 332 g/mol. The number of nitrogens with one attached hydrogen (secondary N) is 2. The molecule has 0 spiro atoms. The maximum Gasteiger partial charge on any atom is 0.224 e. The predicted octanol–water partition coefficient (Wildman–Crippen LogP) is 2.12. The first-order valence-electron chi connectivity index (χ1n) is 7.35. The standard InChI is InChI=1S/C16H23BrN2O2/c1-21-12-16(6-8-18-9-7-16)11-19-15(20)10-13-4-2-3-5-14(13)17/h2-5,18H,6-12H2,1H3,(H,19,20). The number of hydrogen-bond donors (Lipinski definition) is 2. The predicted molar refractivity (Wildman–Crippen MR) is 87.3 cm³/mol. The van der Waals surface area contributed by atoms with Crippen LogP contribution in [-0.2, 0) is 16.0 Å². The van der Waals surface area contributed by atoms with Gasteiger partial charge in [-0.2, -0.15) is 0 Å². The molecule has 1 fully saturated rings. The molecule has 0 aliphatic carbocycles. The summed E-state index contributed by atoms with van der Waals surface area (Å²) in [6, 6.07) is 7.83. The van der Waals surface area contributed by atoms with Crippen LogP contribution in [0.15, 0.2) is 28.7 Å². The number of piperidine rings is 1. The quantitative estimate of drug-likeness (QED) is 0.822. The van der Waals surface area contributed by atoms with Crippen molar-refractivity contribution in [2.75, 3.05) is 33.4 Å². The molecule has 5 heteroatoms. The van der Waals surface area contributed by atoms with E-state index in [0.29, 0.717) is 19.6 Å². The van der Waals surface area contributed by atoms with E-state index in [9.17, 15) is 4.79 Å². The van der Waals surface area contributed by atoms with Crippen LogP contribution >= 0.6 is 15.9 Å². The number of hydrogen-bond acceptors (Lipinski definition) is 3. The van der Waals surface area contributed by atoms with Crippen molar-refractivity contribution >= 4 is 21.8 Å². The first-order chi connectivity index (χ1) is 10.2. The van der Waals surface area contributed by atoms with Crippen molar-refractivity contribution in [2.24, 2.45) is 5.41 Å². The Hall–Kier alpha value is -0.910. The zero-order valence-corrected chi connectivity index (χ0v) is 14.0. The van der Waals surface area contributed by atoms with Gasteiger partial charge in [-0.25, -0.2) is 0 Å². The second-order valence-electron chi connectivity index (χ2n) is 5.73. The molecule has 0 unspecified atom stereocenters. The molecule has 0 bridgehead atoms. The molecule has 0 radical (unpaired) electrons. The van der Waals surface area contributed by atoms with E-state index in [4.69, 9.17) is 4.74 Å². The first-order valence-corrected chi connectivity index (χ1v) is 8.14. The maximum atomic E-state index is 12.2. The van der Waals surface area contributed by atoms with Gasteiger partial charge in [-0.3, -0.25) is 4.79 Å². The number of rotatable bonds is 6. The number of benzene rings is 1. The Labute approximate surface area is 134 Å². The fraction of sp³-hybridized carbons (Fsp3) is 0.562. The molecule has 1 amide bonds. The smallest absolute Gasteiger partial charge is 0.224 e. The number of ether oxygens (including phenoxy) is 1. The van der Waals surface area contributed by atoms with Crippen molar-refractivity contribution in [3.63, 3.8) is 0 Å². The third-order valence-electron chi connectivity index (χ3n) is 4.08. The van der Waals surface area contributed by atoms with E-state index in [1.807, 2.05) is 24.3 Å². The zero-order chi connectivity index (χ0) is 15.1. The Balaban J connectivity index is 1.88. The summed E-state index contributed by atoms with van der Waals surface area (Å²) in [6.45, 7) is 3.36. The summed E-state index contributed by atoms with van der Waals surface area (Å²) in [5.74, 6) is 0.0657. The van der Waals surface area contributed by atoms with E-state index in [1.54, 1.807) is 7.11 Å². The Kier molecular flexibility index (Phi) is 6.21. The van der Waals surface area contributed by atoms with E-state index < -0.39 is 0 Å². The maximum absolute atomic E-state index is 12.2. The molecule has 116 valence electrons. The van der Waals surface area contributed by atoms with Gasteiger partial charge in [0, 0.05) is 23.5 Å². The van der Waals surface area contributed by atoms with Crippen LogP contribution in [0.25, 0.3) is 0 Å². The van der Waals surface area contributed by atoms with Crippen molar-refractivity contribution in [1.82, 2.24) is 10.6 Å². The second-order valence-corrected chi connectivity index (χ2v) is 6.58. The van der Waals surface area contributed by atoms with Crippen LogP contribution in [0.3, 0.4) is 0 Å². The summed E-state index contributed by atoms with van der Waals surface area (Å²) in [4.78, 5) is 12.2. The van der Waals surface area contributed by atoms with E-state index in [2.05, 4.69) is 26.6 Å². The lowest BCUT2D eigenvalue weighted by molar-refractivity contribution is -0.121. The Morgan fingerprint density at radius 2 is 2.10 bits per heavy atom. The van der Waals surface area contributed by atoms with Gasteiger partial charge in [-0.1, -0.05) is 34.1 Å². The van der Waals surface area contributed by atoms with Crippen LogP contribution in [0.2, 0.25) is 0 Å². The minimum atomic E-state index is 0.0657. The van der Waals surface area contributed by atoms with Gasteiger partial charge in [0.1, 0.15) is 0 Å². The molecule has 2 rings (SSSR count). The lowest BCUT2D eigenvalue weighted by Gasteiger charge is -2.37.